The van der Waals surface area contributed by atoms with Crippen LogP contribution in [0.4, 0.5) is 0 Å². The van der Waals surface area contributed by atoms with Gasteiger partial charge in [-0.25, -0.2) is 0 Å². The summed E-state index contributed by atoms with van der Waals surface area (Å²) in [5.74, 6) is -0.494. The van der Waals surface area contributed by atoms with Gasteiger partial charge in [-0.1, -0.05) is 12.2 Å². The number of hydrogen-bond donors (Lipinski definition) is 2. The SMILES string of the molecule is C=CC1NN=C(c2ccnc(C)c2)C1/C=C(\C)C(N)=O. The highest BCUT2D eigenvalue weighted by Crippen LogP contribution is 2.22. The molecule has 2 unspecified atom stereocenters. The molecule has 0 spiro atoms. The Kier molecular flexibility index (Phi) is 3.98. The van der Waals surface area contributed by atoms with E-state index in [2.05, 4.69) is 22.1 Å². The van der Waals surface area contributed by atoms with E-state index >= 15 is 0 Å². The van der Waals surface area contributed by atoms with Crippen LogP contribution in [0.1, 0.15) is 18.2 Å². The number of primary amides is 1. The number of carbonyl (C=O) groups is 1. The molecule has 1 aromatic heterocycles. The van der Waals surface area contributed by atoms with E-state index in [1.165, 1.54) is 0 Å². The molecule has 20 heavy (non-hydrogen) atoms. The summed E-state index contributed by atoms with van der Waals surface area (Å²) < 4.78 is 0. The second-order valence-corrected chi connectivity index (χ2v) is 4.81. The fraction of sp³-hybridized carbons (Fsp3) is 0.267. The zero-order valence-corrected chi connectivity index (χ0v) is 11.6. The average molecular weight is 270 g/mol. The summed E-state index contributed by atoms with van der Waals surface area (Å²) in [5, 5.41) is 4.36. The summed E-state index contributed by atoms with van der Waals surface area (Å²) in [6, 6.07) is 3.82. The van der Waals surface area contributed by atoms with E-state index in [9.17, 15) is 4.79 Å². The number of amides is 1. The molecule has 1 aliphatic heterocycles. The van der Waals surface area contributed by atoms with Gasteiger partial charge in [0, 0.05) is 28.9 Å². The largest absolute Gasteiger partial charge is 0.366 e. The molecule has 0 radical (unpaired) electrons. The maximum Gasteiger partial charge on any atom is 0.244 e. The highest BCUT2D eigenvalue weighted by atomic mass is 16.1. The third-order valence-corrected chi connectivity index (χ3v) is 3.30. The Morgan fingerprint density at radius 3 is 2.90 bits per heavy atom. The molecule has 0 saturated carbocycles. The van der Waals surface area contributed by atoms with Crippen LogP contribution in [0, 0.1) is 12.8 Å². The fourth-order valence-corrected chi connectivity index (χ4v) is 2.16. The fourth-order valence-electron chi connectivity index (χ4n) is 2.16. The van der Waals surface area contributed by atoms with Crippen molar-refractivity contribution in [3.8, 4) is 0 Å². The number of nitrogens with zero attached hydrogens (tertiary/aromatic N) is 2. The third-order valence-electron chi connectivity index (χ3n) is 3.30. The van der Waals surface area contributed by atoms with Gasteiger partial charge in [-0.3, -0.25) is 9.78 Å². The van der Waals surface area contributed by atoms with E-state index in [-0.39, 0.29) is 12.0 Å². The minimum atomic E-state index is -0.426. The number of nitrogens with two attached hydrogens (primary N) is 1. The van der Waals surface area contributed by atoms with Crippen molar-refractivity contribution in [1.82, 2.24) is 10.4 Å². The topological polar surface area (TPSA) is 80.4 Å². The number of aromatic nitrogens is 1. The molecule has 0 aliphatic carbocycles. The van der Waals surface area contributed by atoms with Crippen LogP contribution in [0.3, 0.4) is 0 Å². The van der Waals surface area contributed by atoms with Crippen molar-refractivity contribution in [2.45, 2.75) is 19.9 Å². The predicted molar refractivity (Wildman–Crippen MR) is 79.1 cm³/mol. The van der Waals surface area contributed by atoms with Crippen molar-refractivity contribution in [1.29, 1.82) is 0 Å². The van der Waals surface area contributed by atoms with Crippen LogP contribution >= 0.6 is 0 Å². The lowest BCUT2D eigenvalue weighted by molar-refractivity contribution is -0.114. The third kappa shape index (κ3) is 2.77. The molecule has 0 saturated heterocycles. The summed E-state index contributed by atoms with van der Waals surface area (Å²) in [5.41, 5.74) is 11.6. The molecule has 1 amide bonds. The van der Waals surface area contributed by atoms with E-state index < -0.39 is 5.91 Å². The van der Waals surface area contributed by atoms with Gasteiger partial charge >= 0.3 is 0 Å². The van der Waals surface area contributed by atoms with Crippen LogP contribution in [0.5, 0.6) is 0 Å². The van der Waals surface area contributed by atoms with Gasteiger partial charge in [0.15, 0.2) is 0 Å². The number of carbonyl (C=O) groups excluding carboxylic acids is 1. The van der Waals surface area contributed by atoms with Crippen molar-refractivity contribution in [2.75, 3.05) is 0 Å². The van der Waals surface area contributed by atoms with Gasteiger partial charge in [-0.05, 0) is 26.0 Å². The predicted octanol–water partition coefficient (Wildman–Crippen LogP) is 1.30. The van der Waals surface area contributed by atoms with Crippen molar-refractivity contribution < 1.29 is 4.79 Å². The van der Waals surface area contributed by atoms with E-state index in [1.807, 2.05) is 25.1 Å². The van der Waals surface area contributed by atoms with Crippen molar-refractivity contribution in [2.24, 2.45) is 16.8 Å². The van der Waals surface area contributed by atoms with Crippen LogP contribution in [-0.4, -0.2) is 22.6 Å². The van der Waals surface area contributed by atoms with Crippen LogP contribution in [0.15, 0.2) is 47.7 Å². The molecule has 1 aromatic rings. The molecular formula is C15H18N4O. The van der Waals surface area contributed by atoms with Crippen molar-refractivity contribution in [3.05, 3.63) is 53.9 Å². The van der Waals surface area contributed by atoms with Gasteiger partial charge in [-0.2, -0.15) is 5.10 Å². The van der Waals surface area contributed by atoms with Gasteiger partial charge < -0.3 is 11.2 Å². The molecule has 3 N–H and O–H groups in total. The minimum Gasteiger partial charge on any atom is -0.366 e. The molecular weight excluding hydrogens is 252 g/mol. The smallest absolute Gasteiger partial charge is 0.244 e. The van der Waals surface area contributed by atoms with Gasteiger partial charge in [0.25, 0.3) is 0 Å². The first kappa shape index (κ1) is 14.0. The maximum absolute atomic E-state index is 11.2. The van der Waals surface area contributed by atoms with Crippen LogP contribution in [-0.2, 0) is 4.79 Å². The molecule has 5 heteroatoms. The molecule has 2 rings (SSSR count). The first-order chi connectivity index (χ1) is 9.52. The van der Waals surface area contributed by atoms with Crippen molar-refractivity contribution in [3.63, 3.8) is 0 Å². The monoisotopic (exact) mass is 270 g/mol. The Labute approximate surface area is 118 Å². The Morgan fingerprint density at radius 2 is 2.30 bits per heavy atom. The van der Waals surface area contributed by atoms with Crippen LogP contribution in [0.25, 0.3) is 0 Å². The first-order valence-electron chi connectivity index (χ1n) is 6.40. The van der Waals surface area contributed by atoms with Crippen molar-refractivity contribution >= 4 is 11.6 Å². The highest BCUT2D eigenvalue weighted by molar-refractivity contribution is 6.05. The van der Waals surface area contributed by atoms with Crippen LogP contribution < -0.4 is 11.2 Å². The Morgan fingerprint density at radius 1 is 1.55 bits per heavy atom. The van der Waals surface area contributed by atoms with E-state index in [1.54, 1.807) is 19.2 Å². The molecule has 2 atom stereocenters. The standard InChI is InChI=1S/C15H18N4O/c1-4-13-12(7-9(2)15(16)20)14(19-18-13)11-5-6-17-10(3)8-11/h4-8,12-13,18H,1H2,2-3H3,(H2,16,20)/b9-7+. The molecule has 0 aromatic carbocycles. The van der Waals surface area contributed by atoms with Gasteiger partial charge in [0.1, 0.15) is 0 Å². The van der Waals surface area contributed by atoms with Crippen LogP contribution in [0.2, 0.25) is 0 Å². The van der Waals surface area contributed by atoms with Gasteiger partial charge in [0.05, 0.1) is 11.8 Å². The molecule has 5 nitrogen and oxygen atoms in total. The van der Waals surface area contributed by atoms with E-state index in [4.69, 9.17) is 5.73 Å². The van der Waals surface area contributed by atoms with E-state index in [0.29, 0.717) is 5.57 Å². The summed E-state index contributed by atoms with van der Waals surface area (Å²) in [7, 11) is 0. The maximum atomic E-state index is 11.2. The Bertz CT molecular complexity index is 604. The highest BCUT2D eigenvalue weighted by Gasteiger charge is 2.29. The average Bonchev–Trinajstić information content (AvgIpc) is 2.81. The molecule has 2 heterocycles. The van der Waals surface area contributed by atoms with Gasteiger partial charge in [0.2, 0.25) is 5.91 Å². The summed E-state index contributed by atoms with van der Waals surface area (Å²) in [6.07, 6.45) is 5.36. The van der Waals surface area contributed by atoms with E-state index in [0.717, 1.165) is 17.0 Å². The second kappa shape index (κ2) is 5.69. The zero-order valence-electron chi connectivity index (χ0n) is 11.6. The molecule has 0 fully saturated rings. The number of hydrogen-bond acceptors (Lipinski definition) is 4. The number of aryl methyl sites for hydroxylation is 1. The number of rotatable bonds is 4. The molecule has 0 bridgehead atoms. The first-order valence-corrected chi connectivity index (χ1v) is 6.40. The quantitative estimate of drug-likeness (QED) is 0.639. The minimum absolute atomic E-state index is 0.0484. The van der Waals surface area contributed by atoms with Gasteiger partial charge in [-0.15, -0.1) is 6.58 Å². The Balaban J connectivity index is 2.39. The molecule has 104 valence electrons. The second-order valence-electron chi connectivity index (χ2n) is 4.81. The lowest BCUT2D eigenvalue weighted by Gasteiger charge is -2.15. The number of nitrogens with one attached hydrogen (secondary N) is 1. The summed E-state index contributed by atoms with van der Waals surface area (Å²) in [6.45, 7) is 7.43. The zero-order chi connectivity index (χ0) is 14.7. The lowest BCUT2D eigenvalue weighted by atomic mass is 9.90. The summed E-state index contributed by atoms with van der Waals surface area (Å²) >= 11 is 0. The number of hydrazone groups is 1. The summed E-state index contributed by atoms with van der Waals surface area (Å²) in [4.78, 5) is 15.4. The molecule has 1 aliphatic rings. The normalized spacial score (nSPS) is 22.1. The number of pyridine rings is 1. The Hall–Kier alpha value is -2.43. The lowest BCUT2D eigenvalue weighted by Crippen LogP contribution is -2.27.